The number of carbonyl (C=O) groups excluding carboxylic acids is 1. The zero-order chi connectivity index (χ0) is 21.0. The molecular weight excluding hydrogens is 418 g/mol. The SMILES string of the molecule is C=CCn1c(SCC(=O)Nc2ccc(Cl)cc2[N+](=O)[O-])nnc1-c1ccoc1C. The van der Waals surface area contributed by atoms with Crippen molar-refractivity contribution in [1.29, 1.82) is 0 Å². The van der Waals surface area contributed by atoms with Gasteiger partial charge in [0.25, 0.3) is 5.69 Å². The highest BCUT2D eigenvalue weighted by atomic mass is 35.5. The summed E-state index contributed by atoms with van der Waals surface area (Å²) in [5.41, 5.74) is 0.600. The average molecular weight is 434 g/mol. The van der Waals surface area contributed by atoms with E-state index in [4.69, 9.17) is 16.0 Å². The molecule has 0 fully saturated rings. The van der Waals surface area contributed by atoms with Crippen molar-refractivity contribution >= 4 is 40.6 Å². The first-order valence-electron chi connectivity index (χ1n) is 8.36. The van der Waals surface area contributed by atoms with Gasteiger partial charge in [-0.15, -0.1) is 16.8 Å². The molecule has 1 N–H and O–H groups in total. The third-order valence-electron chi connectivity index (χ3n) is 3.89. The van der Waals surface area contributed by atoms with Crippen LogP contribution in [0, 0.1) is 17.0 Å². The molecule has 150 valence electrons. The maximum Gasteiger partial charge on any atom is 0.294 e. The van der Waals surface area contributed by atoms with E-state index in [1.54, 1.807) is 18.4 Å². The van der Waals surface area contributed by atoms with Gasteiger partial charge in [-0.1, -0.05) is 29.4 Å². The lowest BCUT2D eigenvalue weighted by molar-refractivity contribution is -0.383. The number of amides is 1. The highest BCUT2D eigenvalue weighted by molar-refractivity contribution is 7.99. The Balaban J connectivity index is 1.74. The topological polar surface area (TPSA) is 116 Å². The van der Waals surface area contributed by atoms with Crippen LogP contribution in [-0.4, -0.2) is 31.3 Å². The minimum Gasteiger partial charge on any atom is -0.469 e. The molecule has 1 amide bonds. The van der Waals surface area contributed by atoms with Gasteiger partial charge in [0.15, 0.2) is 11.0 Å². The largest absolute Gasteiger partial charge is 0.469 e. The standard InChI is InChI=1S/C18H16ClN5O4S/c1-3-7-23-17(13-6-8-28-11(13)2)21-22-18(23)29-10-16(25)20-14-5-4-12(19)9-15(14)24(26)27/h3-6,8-9H,1,7,10H2,2H3,(H,20,25). The van der Waals surface area contributed by atoms with Gasteiger partial charge in [0.1, 0.15) is 11.4 Å². The first kappa shape index (κ1) is 20.6. The number of aryl methyl sites for hydroxylation is 1. The van der Waals surface area contributed by atoms with Crippen LogP contribution in [0.1, 0.15) is 5.76 Å². The highest BCUT2D eigenvalue weighted by Gasteiger charge is 2.19. The summed E-state index contributed by atoms with van der Waals surface area (Å²) < 4.78 is 7.14. The number of aromatic nitrogens is 3. The maximum atomic E-state index is 12.3. The van der Waals surface area contributed by atoms with Crippen LogP contribution >= 0.6 is 23.4 Å². The summed E-state index contributed by atoms with van der Waals surface area (Å²) in [6.45, 7) is 6.01. The van der Waals surface area contributed by atoms with Gasteiger partial charge in [-0.05, 0) is 25.1 Å². The number of halogens is 1. The quantitative estimate of drug-likeness (QED) is 0.243. The maximum absolute atomic E-state index is 12.3. The fourth-order valence-corrected chi connectivity index (χ4v) is 3.50. The predicted molar refractivity (Wildman–Crippen MR) is 110 cm³/mol. The van der Waals surface area contributed by atoms with E-state index >= 15 is 0 Å². The second-order valence-corrected chi connectivity index (χ2v) is 7.23. The molecule has 0 aliphatic heterocycles. The summed E-state index contributed by atoms with van der Waals surface area (Å²) >= 11 is 6.95. The van der Waals surface area contributed by atoms with E-state index < -0.39 is 10.8 Å². The lowest BCUT2D eigenvalue weighted by Gasteiger charge is -2.08. The van der Waals surface area contributed by atoms with Crippen LogP contribution < -0.4 is 5.32 Å². The Bertz CT molecular complexity index is 1080. The molecule has 2 aromatic heterocycles. The number of nitrogens with one attached hydrogen (secondary N) is 1. The van der Waals surface area contributed by atoms with E-state index in [1.807, 2.05) is 11.5 Å². The molecule has 2 heterocycles. The second-order valence-electron chi connectivity index (χ2n) is 5.85. The fraction of sp³-hybridized carbons (Fsp3) is 0.167. The first-order valence-corrected chi connectivity index (χ1v) is 9.72. The first-order chi connectivity index (χ1) is 13.9. The smallest absolute Gasteiger partial charge is 0.294 e. The van der Waals surface area contributed by atoms with Crippen molar-refractivity contribution in [2.24, 2.45) is 0 Å². The van der Waals surface area contributed by atoms with E-state index in [0.29, 0.717) is 23.3 Å². The van der Waals surface area contributed by atoms with Crippen molar-refractivity contribution in [3.05, 3.63) is 64.1 Å². The molecule has 11 heteroatoms. The molecule has 3 aromatic rings. The van der Waals surface area contributed by atoms with Crippen molar-refractivity contribution in [3.8, 4) is 11.4 Å². The number of thioether (sulfide) groups is 1. The van der Waals surface area contributed by atoms with Gasteiger partial charge >= 0.3 is 0 Å². The monoisotopic (exact) mass is 433 g/mol. The third kappa shape index (κ3) is 4.66. The van der Waals surface area contributed by atoms with E-state index in [0.717, 1.165) is 17.3 Å². The Morgan fingerprint density at radius 1 is 1.45 bits per heavy atom. The molecule has 3 rings (SSSR count). The molecule has 0 aliphatic rings. The minimum absolute atomic E-state index is 0.0145. The normalized spacial score (nSPS) is 10.7. The number of hydrogen-bond acceptors (Lipinski definition) is 7. The highest BCUT2D eigenvalue weighted by Crippen LogP contribution is 2.29. The van der Waals surface area contributed by atoms with Crippen molar-refractivity contribution in [2.75, 3.05) is 11.1 Å². The molecule has 0 spiro atoms. The van der Waals surface area contributed by atoms with Gasteiger partial charge in [-0.3, -0.25) is 19.5 Å². The number of nitrogens with zero attached hydrogens (tertiary/aromatic N) is 4. The number of anilines is 1. The number of allylic oxidation sites excluding steroid dienone is 1. The number of carbonyl (C=O) groups is 1. The summed E-state index contributed by atoms with van der Waals surface area (Å²) in [6.07, 6.45) is 3.26. The van der Waals surface area contributed by atoms with Crippen molar-refractivity contribution in [1.82, 2.24) is 14.8 Å². The van der Waals surface area contributed by atoms with Crippen LogP contribution in [0.4, 0.5) is 11.4 Å². The van der Waals surface area contributed by atoms with Crippen molar-refractivity contribution in [2.45, 2.75) is 18.6 Å². The molecule has 9 nitrogen and oxygen atoms in total. The average Bonchev–Trinajstić information content (AvgIpc) is 3.27. The summed E-state index contributed by atoms with van der Waals surface area (Å²) in [5, 5.41) is 22.7. The number of benzene rings is 1. The summed E-state index contributed by atoms with van der Waals surface area (Å²) in [7, 11) is 0. The van der Waals surface area contributed by atoms with Crippen LogP contribution in [0.2, 0.25) is 5.02 Å². The third-order valence-corrected chi connectivity index (χ3v) is 5.09. The Kier molecular flexibility index (Phi) is 6.35. The van der Waals surface area contributed by atoms with Gasteiger partial charge in [-0.2, -0.15) is 0 Å². The molecule has 0 bridgehead atoms. The van der Waals surface area contributed by atoms with Gasteiger partial charge < -0.3 is 9.73 Å². The number of furan rings is 1. The van der Waals surface area contributed by atoms with E-state index in [-0.39, 0.29) is 22.2 Å². The molecular formula is C18H16ClN5O4S. The van der Waals surface area contributed by atoms with Crippen LogP contribution in [0.25, 0.3) is 11.4 Å². The van der Waals surface area contributed by atoms with Crippen molar-refractivity contribution < 1.29 is 14.1 Å². The Hall–Kier alpha value is -3.11. The van der Waals surface area contributed by atoms with Crippen LogP contribution in [0.5, 0.6) is 0 Å². The fourth-order valence-electron chi connectivity index (χ4n) is 2.58. The Morgan fingerprint density at radius 2 is 2.24 bits per heavy atom. The zero-order valence-corrected chi connectivity index (χ0v) is 16.9. The summed E-state index contributed by atoms with van der Waals surface area (Å²) in [6, 6.07) is 5.84. The number of nitro benzene ring substituents is 1. The predicted octanol–water partition coefficient (Wildman–Crippen LogP) is 4.32. The van der Waals surface area contributed by atoms with Crippen molar-refractivity contribution in [3.63, 3.8) is 0 Å². The van der Waals surface area contributed by atoms with Gasteiger partial charge in [0.05, 0.1) is 22.5 Å². The van der Waals surface area contributed by atoms with Crippen LogP contribution in [0.15, 0.2) is 52.8 Å². The van der Waals surface area contributed by atoms with Crippen LogP contribution in [-0.2, 0) is 11.3 Å². The molecule has 0 saturated carbocycles. The molecule has 0 radical (unpaired) electrons. The zero-order valence-electron chi connectivity index (χ0n) is 15.3. The Morgan fingerprint density at radius 3 is 2.90 bits per heavy atom. The van der Waals surface area contributed by atoms with Crippen LogP contribution in [0.3, 0.4) is 0 Å². The van der Waals surface area contributed by atoms with Gasteiger partial charge in [-0.25, -0.2) is 0 Å². The van der Waals surface area contributed by atoms with Gasteiger partial charge in [0.2, 0.25) is 5.91 Å². The molecule has 0 unspecified atom stereocenters. The lowest BCUT2D eigenvalue weighted by atomic mass is 10.2. The minimum atomic E-state index is -0.602. The van der Waals surface area contributed by atoms with E-state index in [2.05, 4.69) is 22.1 Å². The summed E-state index contributed by atoms with van der Waals surface area (Å²) in [4.78, 5) is 22.9. The number of rotatable bonds is 8. The van der Waals surface area contributed by atoms with E-state index in [1.165, 1.54) is 18.2 Å². The molecule has 0 atom stereocenters. The molecule has 29 heavy (non-hydrogen) atoms. The second kappa shape index (κ2) is 8.93. The Labute approximate surface area is 174 Å². The summed E-state index contributed by atoms with van der Waals surface area (Å²) in [5.74, 6) is 0.869. The molecule has 0 aliphatic carbocycles. The van der Waals surface area contributed by atoms with E-state index in [9.17, 15) is 14.9 Å². The van der Waals surface area contributed by atoms with Gasteiger partial charge in [0, 0.05) is 17.6 Å². The molecule has 0 saturated heterocycles. The number of nitro groups is 1. The molecule has 1 aromatic carbocycles. The lowest BCUT2D eigenvalue weighted by Crippen LogP contribution is -2.15. The number of hydrogen-bond donors (Lipinski definition) is 1.